The summed E-state index contributed by atoms with van der Waals surface area (Å²) < 4.78 is 10.8. The molecule has 0 bridgehead atoms. The lowest BCUT2D eigenvalue weighted by Gasteiger charge is -2.25. The SMILES string of the molecule is Cc1noc(C)c1COc1ccc(C(=O)NCC(O)C(C)(C)C)cc1. The van der Waals surface area contributed by atoms with Gasteiger partial charge in [0.15, 0.2) is 0 Å². The molecule has 0 aliphatic heterocycles. The van der Waals surface area contributed by atoms with Gasteiger partial charge >= 0.3 is 0 Å². The molecule has 1 unspecified atom stereocenters. The molecule has 25 heavy (non-hydrogen) atoms. The summed E-state index contributed by atoms with van der Waals surface area (Å²) in [5.74, 6) is 1.18. The minimum Gasteiger partial charge on any atom is -0.489 e. The number of aromatic nitrogens is 1. The number of aliphatic hydroxyl groups excluding tert-OH is 1. The highest BCUT2D eigenvalue weighted by atomic mass is 16.5. The van der Waals surface area contributed by atoms with Crippen LogP contribution in [0.25, 0.3) is 0 Å². The molecule has 2 aromatic rings. The average Bonchev–Trinajstić information content (AvgIpc) is 2.88. The number of aliphatic hydroxyl groups is 1. The van der Waals surface area contributed by atoms with Crippen molar-refractivity contribution < 1.29 is 19.2 Å². The van der Waals surface area contributed by atoms with Crippen molar-refractivity contribution in [1.82, 2.24) is 10.5 Å². The summed E-state index contributed by atoms with van der Waals surface area (Å²) in [5.41, 5.74) is 1.98. The normalized spacial score (nSPS) is 12.7. The molecule has 0 saturated heterocycles. The summed E-state index contributed by atoms with van der Waals surface area (Å²) in [5, 5.41) is 16.6. The smallest absolute Gasteiger partial charge is 0.251 e. The summed E-state index contributed by atoms with van der Waals surface area (Å²) in [7, 11) is 0. The van der Waals surface area contributed by atoms with Crippen LogP contribution >= 0.6 is 0 Å². The van der Waals surface area contributed by atoms with Crippen LogP contribution in [-0.4, -0.2) is 28.8 Å². The molecule has 1 aromatic heterocycles. The van der Waals surface area contributed by atoms with E-state index in [9.17, 15) is 9.90 Å². The number of ether oxygens (including phenoxy) is 1. The van der Waals surface area contributed by atoms with Gasteiger partial charge in [0.2, 0.25) is 0 Å². The van der Waals surface area contributed by atoms with Crippen LogP contribution < -0.4 is 10.1 Å². The number of aryl methyl sites for hydroxylation is 2. The first kappa shape index (κ1) is 19.0. The molecule has 1 aromatic carbocycles. The number of carbonyl (C=O) groups is 1. The molecule has 6 heteroatoms. The molecule has 6 nitrogen and oxygen atoms in total. The molecule has 0 radical (unpaired) electrons. The fourth-order valence-electron chi connectivity index (χ4n) is 2.16. The van der Waals surface area contributed by atoms with Gasteiger partial charge in [-0.25, -0.2) is 0 Å². The molecule has 2 rings (SSSR count). The Morgan fingerprint density at radius 1 is 1.28 bits per heavy atom. The first-order valence-corrected chi connectivity index (χ1v) is 8.29. The van der Waals surface area contributed by atoms with Gasteiger partial charge in [-0.2, -0.15) is 0 Å². The van der Waals surface area contributed by atoms with Crippen molar-refractivity contribution in [3.63, 3.8) is 0 Å². The molecule has 136 valence electrons. The maximum absolute atomic E-state index is 12.1. The van der Waals surface area contributed by atoms with E-state index in [1.807, 2.05) is 34.6 Å². The second-order valence-corrected chi connectivity index (χ2v) is 7.21. The van der Waals surface area contributed by atoms with Crippen LogP contribution in [0.3, 0.4) is 0 Å². The number of amides is 1. The maximum atomic E-state index is 12.1. The lowest BCUT2D eigenvalue weighted by molar-refractivity contribution is 0.0587. The Morgan fingerprint density at radius 3 is 2.44 bits per heavy atom. The van der Waals surface area contributed by atoms with Crippen LogP contribution in [-0.2, 0) is 6.61 Å². The Hall–Kier alpha value is -2.34. The second kappa shape index (κ2) is 7.70. The molecule has 2 N–H and O–H groups in total. The molecule has 1 heterocycles. The number of hydrogen-bond acceptors (Lipinski definition) is 5. The highest BCUT2D eigenvalue weighted by Gasteiger charge is 2.22. The van der Waals surface area contributed by atoms with Crippen LogP contribution in [0.4, 0.5) is 0 Å². The highest BCUT2D eigenvalue weighted by Crippen LogP contribution is 2.19. The third kappa shape index (κ3) is 5.06. The first-order valence-electron chi connectivity index (χ1n) is 8.29. The number of carbonyl (C=O) groups excluding carboxylic acids is 1. The summed E-state index contributed by atoms with van der Waals surface area (Å²) in [6, 6.07) is 6.88. The Kier molecular flexibility index (Phi) is 5.85. The van der Waals surface area contributed by atoms with Crippen LogP contribution in [0, 0.1) is 19.3 Å². The van der Waals surface area contributed by atoms with E-state index in [0.717, 1.165) is 17.0 Å². The highest BCUT2D eigenvalue weighted by molar-refractivity contribution is 5.94. The summed E-state index contributed by atoms with van der Waals surface area (Å²) >= 11 is 0. The van der Waals surface area contributed by atoms with E-state index < -0.39 is 6.10 Å². The molecular weight excluding hydrogens is 320 g/mol. The van der Waals surface area contributed by atoms with Crippen molar-refractivity contribution in [2.45, 2.75) is 47.3 Å². The van der Waals surface area contributed by atoms with E-state index >= 15 is 0 Å². The summed E-state index contributed by atoms with van der Waals surface area (Å²) in [4.78, 5) is 12.1. The minimum atomic E-state index is -0.603. The second-order valence-electron chi connectivity index (χ2n) is 7.21. The predicted molar refractivity (Wildman–Crippen MR) is 94.5 cm³/mol. The molecule has 0 aliphatic rings. The monoisotopic (exact) mass is 346 g/mol. The Bertz CT molecular complexity index is 695. The topological polar surface area (TPSA) is 84.6 Å². The third-order valence-electron chi connectivity index (χ3n) is 4.14. The van der Waals surface area contributed by atoms with Crippen LogP contribution in [0.2, 0.25) is 0 Å². The summed E-state index contributed by atoms with van der Waals surface area (Å²) in [6.07, 6.45) is -0.603. The van der Waals surface area contributed by atoms with Crippen LogP contribution in [0.1, 0.15) is 48.1 Å². The maximum Gasteiger partial charge on any atom is 0.251 e. The Balaban J connectivity index is 1.90. The third-order valence-corrected chi connectivity index (χ3v) is 4.14. The quantitative estimate of drug-likeness (QED) is 0.840. The number of hydrogen-bond donors (Lipinski definition) is 2. The molecular formula is C19H26N2O4. The largest absolute Gasteiger partial charge is 0.489 e. The molecule has 1 atom stereocenters. The molecule has 0 spiro atoms. The van der Waals surface area contributed by atoms with Gasteiger partial charge in [0.1, 0.15) is 18.1 Å². The fraction of sp³-hybridized carbons (Fsp3) is 0.474. The van der Waals surface area contributed by atoms with E-state index in [0.29, 0.717) is 17.9 Å². The number of rotatable bonds is 6. The van der Waals surface area contributed by atoms with Crippen molar-refractivity contribution in [2.75, 3.05) is 6.54 Å². The molecule has 0 aliphatic carbocycles. The number of nitrogens with one attached hydrogen (secondary N) is 1. The van der Waals surface area contributed by atoms with E-state index in [2.05, 4.69) is 10.5 Å². The average molecular weight is 346 g/mol. The van der Waals surface area contributed by atoms with Gasteiger partial charge in [-0.05, 0) is 43.5 Å². The van der Waals surface area contributed by atoms with E-state index in [1.54, 1.807) is 24.3 Å². The van der Waals surface area contributed by atoms with Crippen molar-refractivity contribution in [3.05, 3.63) is 46.8 Å². The van der Waals surface area contributed by atoms with Gasteiger partial charge in [0.05, 0.1) is 17.4 Å². The zero-order valence-electron chi connectivity index (χ0n) is 15.4. The number of nitrogens with zero attached hydrogens (tertiary/aromatic N) is 1. The molecule has 1 amide bonds. The van der Waals surface area contributed by atoms with Gasteiger partial charge in [-0.15, -0.1) is 0 Å². The van der Waals surface area contributed by atoms with Crippen LogP contribution in [0.15, 0.2) is 28.8 Å². The standard InChI is InChI=1S/C19H26N2O4/c1-12-16(13(2)25-21-12)11-24-15-8-6-14(7-9-15)18(23)20-10-17(22)19(3,4)5/h6-9,17,22H,10-11H2,1-5H3,(H,20,23). The lowest BCUT2D eigenvalue weighted by atomic mass is 9.89. The van der Waals surface area contributed by atoms with E-state index in [1.165, 1.54) is 0 Å². The van der Waals surface area contributed by atoms with Crippen molar-refractivity contribution in [3.8, 4) is 5.75 Å². The zero-order chi connectivity index (χ0) is 18.6. The Labute approximate surface area is 148 Å². The minimum absolute atomic E-state index is 0.215. The fourth-order valence-corrected chi connectivity index (χ4v) is 2.16. The van der Waals surface area contributed by atoms with Crippen molar-refractivity contribution >= 4 is 5.91 Å². The number of benzene rings is 1. The van der Waals surface area contributed by atoms with Gasteiger partial charge in [0.25, 0.3) is 5.91 Å². The van der Waals surface area contributed by atoms with Crippen LogP contribution in [0.5, 0.6) is 5.75 Å². The predicted octanol–water partition coefficient (Wildman–Crippen LogP) is 3.01. The van der Waals surface area contributed by atoms with Crippen molar-refractivity contribution in [1.29, 1.82) is 0 Å². The van der Waals surface area contributed by atoms with Gasteiger partial charge < -0.3 is 19.7 Å². The molecule has 0 fully saturated rings. The van der Waals surface area contributed by atoms with Gasteiger partial charge in [-0.1, -0.05) is 25.9 Å². The van der Waals surface area contributed by atoms with E-state index in [4.69, 9.17) is 9.26 Å². The molecule has 0 saturated carbocycles. The lowest BCUT2D eigenvalue weighted by Crippen LogP contribution is -2.39. The zero-order valence-corrected chi connectivity index (χ0v) is 15.4. The first-order chi connectivity index (χ1) is 11.7. The van der Waals surface area contributed by atoms with Gasteiger partial charge in [0, 0.05) is 12.1 Å². The summed E-state index contributed by atoms with van der Waals surface area (Å²) in [6.45, 7) is 10.1. The van der Waals surface area contributed by atoms with Crippen molar-refractivity contribution in [2.24, 2.45) is 5.41 Å². The Morgan fingerprint density at radius 2 is 1.92 bits per heavy atom. The van der Waals surface area contributed by atoms with E-state index in [-0.39, 0.29) is 17.9 Å². The van der Waals surface area contributed by atoms with Gasteiger partial charge in [-0.3, -0.25) is 4.79 Å².